The highest BCUT2D eigenvalue weighted by molar-refractivity contribution is 5.02. The van der Waals surface area contributed by atoms with Crippen LogP contribution in [0.25, 0.3) is 0 Å². The Kier molecular flexibility index (Phi) is 3.33. The molecule has 0 aromatic carbocycles. The van der Waals surface area contributed by atoms with Crippen molar-refractivity contribution in [1.82, 2.24) is 0 Å². The van der Waals surface area contributed by atoms with Crippen molar-refractivity contribution in [3.63, 3.8) is 0 Å². The lowest BCUT2D eigenvalue weighted by Gasteiger charge is -2.40. The van der Waals surface area contributed by atoms with E-state index in [9.17, 15) is 10.2 Å². The number of rotatable bonds is 3. The minimum atomic E-state index is -1.09. The van der Waals surface area contributed by atoms with Crippen LogP contribution in [-0.2, 0) is 0 Å². The fourth-order valence-corrected chi connectivity index (χ4v) is 4.77. The molecule has 2 heteroatoms. The third-order valence-electron chi connectivity index (χ3n) is 5.11. The standard InChI is InChI=1S/C14H26O2/c1-7(2)12-9-5-10(13(12)8(3)4)11(6-9)14(15)16/h7-16H,5-6H2,1-4H3. The van der Waals surface area contributed by atoms with E-state index in [4.69, 9.17) is 0 Å². The molecule has 0 heterocycles. The first-order valence-electron chi connectivity index (χ1n) is 6.79. The molecule has 2 bridgehead atoms. The number of aliphatic hydroxyl groups excluding tert-OH is 1. The third-order valence-corrected chi connectivity index (χ3v) is 5.11. The molecule has 94 valence electrons. The Bertz CT molecular complexity index is 247. The topological polar surface area (TPSA) is 40.5 Å². The van der Waals surface area contributed by atoms with Crippen LogP contribution in [0.15, 0.2) is 0 Å². The van der Waals surface area contributed by atoms with Gasteiger partial charge in [-0.15, -0.1) is 0 Å². The monoisotopic (exact) mass is 226 g/mol. The van der Waals surface area contributed by atoms with Crippen molar-refractivity contribution in [2.75, 3.05) is 0 Å². The van der Waals surface area contributed by atoms with Crippen LogP contribution in [0.5, 0.6) is 0 Å². The number of hydrogen-bond acceptors (Lipinski definition) is 2. The summed E-state index contributed by atoms with van der Waals surface area (Å²) in [5.74, 6) is 4.35. The lowest BCUT2D eigenvalue weighted by molar-refractivity contribution is -0.115. The average molecular weight is 226 g/mol. The molecule has 0 saturated heterocycles. The summed E-state index contributed by atoms with van der Waals surface area (Å²) in [5.41, 5.74) is 0. The van der Waals surface area contributed by atoms with Crippen LogP contribution in [-0.4, -0.2) is 16.5 Å². The van der Waals surface area contributed by atoms with Crippen LogP contribution in [0.4, 0.5) is 0 Å². The fourth-order valence-electron chi connectivity index (χ4n) is 4.77. The van der Waals surface area contributed by atoms with Crippen LogP contribution in [0.3, 0.4) is 0 Å². The fraction of sp³-hybridized carbons (Fsp3) is 1.00. The molecule has 0 spiro atoms. The molecule has 0 amide bonds. The highest BCUT2D eigenvalue weighted by Crippen LogP contribution is 2.60. The van der Waals surface area contributed by atoms with Gasteiger partial charge in [-0.25, -0.2) is 0 Å². The Morgan fingerprint density at radius 2 is 1.44 bits per heavy atom. The second-order valence-electron chi connectivity index (χ2n) is 6.62. The van der Waals surface area contributed by atoms with Gasteiger partial charge in [0.15, 0.2) is 6.29 Å². The van der Waals surface area contributed by atoms with Crippen molar-refractivity contribution >= 4 is 0 Å². The van der Waals surface area contributed by atoms with Crippen molar-refractivity contribution in [2.45, 2.75) is 46.8 Å². The van der Waals surface area contributed by atoms with E-state index < -0.39 is 6.29 Å². The van der Waals surface area contributed by atoms with E-state index in [1.54, 1.807) is 0 Å². The molecule has 2 fully saturated rings. The molecule has 16 heavy (non-hydrogen) atoms. The van der Waals surface area contributed by atoms with Gasteiger partial charge in [-0.2, -0.15) is 0 Å². The maximum atomic E-state index is 9.45. The Morgan fingerprint density at radius 1 is 0.875 bits per heavy atom. The van der Waals surface area contributed by atoms with Crippen LogP contribution in [0.2, 0.25) is 0 Å². The minimum Gasteiger partial charge on any atom is -0.368 e. The van der Waals surface area contributed by atoms with Crippen molar-refractivity contribution in [3.8, 4) is 0 Å². The first kappa shape index (κ1) is 12.4. The van der Waals surface area contributed by atoms with E-state index in [0.717, 1.165) is 24.2 Å². The molecule has 0 radical (unpaired) electrons. The molecule has 2 aliphatic carbocycles. The highest BCUT2D eigenvalue weighted by Gasteiger charge is 2.55. The Hall–Kier alpha value is -0.0800. The van der Waals surface area contributed by atoms with E-state index in [2.05, 4.69) is 27.7 Å². The summed E-state index contributed by atoms with van der Waals surface area (Å²) < 4.78 is 0. The van der Waals surface area contributed by atoms with Gasteiger partial charge >= 0.3 is 0 Å². The summed E-state index contributed by atoms with van der Waals surface area (Å²) in [5, 5.41) is 18.9. The number of aliphatic hydroxyl groups is 2. The smallest absolute Gasteiger partial charge is 0.154 e. The lowest BCUT2D eigenvalue weighted by atomic mass is 9.65. The largest absolute Gasteiger partial charge is 0.368 e. The molecule has 2 nitrogen and oxygen atoms in total. The van der Waals surface area contributed by atoms with Gasteiger partial charge in [-0.1, -0.05) is 27.7 Å². The van der Waals surface area contributed by atoms with Gasteiger partial charge in [0.1, 0.15) is 0 Å². The summed E-state index contributed by atoms with van der Waals surface area (Å²) in [6.07, 6.45) is 1.17. The second-order valence-corrected chi connectivity index (χ2v) is 6.62. The maximum absolute atomic E-state index is 9.45. The maximum Gasteiger partial charge on any atom is 0.154 e. The molecular formula is C14H26O2. The number of hydrogen-bond donors (Lipinski definition) is 2. The molecule has 0 aliphatic heterocycles. The van der Waals surface area contributed by atoms with Gasteiger partial charge in [0, 0.05) is 5.92 Å². The summed E-state index contributed by atoms with van der Waals surface area (Å²) in [7, 11) is 0. The average Bonchev–Trinajstić information content (AvgIpc) is 2.72. The van der Waals surface area contributed by atoms with E-state index in [-0.39, 0.29) is 5.92 Å². The zero-order valence-electron chi connectivity index (χ0n) is 10.9. The van der Waals surface area contributed by atoms with E-state index in [1.807, 2.05) is 0 Å². The predicted molar refractivity (Wildman–Crippen MR) is 64.6 cm³/mol. The summed E-state index contributed by atoms with van der Waals surface area (Å²) in [4.78, 5) is 0. The van der Waals surface area contributed by atoms with Gasteiger partial charge in [0.25, 0.3) is 0 Å². The summed E-state index contributed by atoms with van der Waals surface area (Å²) in [6, 6.07) is 0. The lowest BCUT2D eigenvalue weighted by Crippen LogP contribution is -2.38. The molecule has 5 atom stereocenters. The summed E-state index contributed by atoms with van der Waals surface area (Å²) >= 11 is 0. The SMILES string of the molecule is CC(C)C1C2CC(C(O)O)C(C2)C1C(C)C. The van der Waals surface area contributed by atoms with Gasteiger partial charge in [0.2, 0.25) is 0 Å². The van der Waals surface area contributed by atoms with Gasteiger partial charge < -0.3 is 10.2 Å². The predicted octanol–water partition coefficient (Wildman–Crippen LogP) is 2.50. The van der Waals surface area contributed by atoms with Crippen LogP contribution in [0, 0.1) is 41.4 Å². The second kappa shape index (κ2) is 4.30. The molecule has 2 rings (SSSR count). The van der Waals surface area contributed by atoms with E-state index in [0.29, 0.717) is 17.8 Å². The Morgan fingerprint density at radius 3 is 1.88 bits per heavy atom. The van der Waals surface area contributed by atoms with Crippen molar-refractivity contribution in [3.05, 3.63) is 0 Å². The van der Waals surface area contributed by atoms with Crippen LogP contribution >= 0.6 is 0 Å². The van der Waals surface area contributed by atoms with Gasteiger partial charge in [-0.05, 0) is 48.3 Å². The first-order chi connectivity index (χ1) is 7.43. The molecule has 0 aromatic rings. The molecule has 2 N–H and O–H groups in total. The molecule has 2 aliphatic rings. The highest BCUT2D eigenvalue weighted by atomic mass is 16.5. The molecule has 5 unspecified atom stereocenters. The van der Waals surface area contributed by atoms with Gasteiger partial charge in [0.05, 0.1) is 0 Å². The first-order valence-corrected chi connectivity index (χ1v) is 6.79. The molecular weight excluding hydrogens is 200 g/mol. The van der Waals surface area contributed by atoms with E-state index in [1.165, 1.54) is 6.42 Å². The quantitative estimate of drug-likeness (QED) is 0.726. The molecule has 0 aromatic heterocycles. The van der Waals surface area contributed by atoms with Crippen molar-refractivity contribution < 1.29 is 10.2 Å². The Labute approximate surface area is 99.1 Å². The van der Waals surface area contributed by atoms with E-state index >= 15 is 0 Å². The van der Waals surface area contributed by atoms with Crippen molar-refractivity contribution in [1.29, 1.82) is 0 Å². The normalized spacial score (nSPS) is 42.9. The van der Waals surface area contributed by atoms with Crippen LogP contribution < -0.4 is 0 Å². The minimum absolute atomic E-state index is 0.146. The van der Waals surface area contributed by atoms with Crippen molar-refractivity contribution in [2.24, 2.45) is 41.4 Å². The third kappa shape index (κ3) is 1.80. The summed E-state index contributed by atoms with van der Waals surface area (Å²) in [6.45, 7) is 9.24. The Balaban J connectivity index is 2.19. The molecule has 2 saturated carbocycles. The zero-order valence-corrected chi connectivity index (χ0v) is 10.9. The van der Waals surface area contributed by atoms with Crippen LogP contribution in [0.1, 0.15) is 40.5 Å². The zero-order chi connectivity index (χ0) is 12.0. The number of fused-ring (bicyclic) bond motifs is 2. The van der Waals surface area contributed by atoms with Gasteiger partial charge in [-0.3, -0.25) is 0 Å².